The van der Waals surface area contributed by atoms with E-state index in [4.69, 9.17) is 9.47 Å². The molecular formula is C12H18BrN3O4. The second-order valence-electron chi connectivity index (χ2n) is 4.59. The van der Waals surface area contributed by atoms with Crippen LogP contribution in [0, 0.1) is 0 Å². The average molecular weight is 348 g/mol. The van der Waals surface area contributed by atoms with Crippen molar-refractivity contribution < 1.29 is 19.0 Å². The number of rotatable bonds is 4. The Morgan fingerprint density at radius 3 is 3.15 bits per heavy atom. The van der Waals surface area contributed by atoms with E-state index in [-0.39, 0.29) is 6.61 Å². The first-order chi connectivity index (χ1) is 9.57. The number of ether oxygens (including phenoxy) is 3. The molecule has 1 aromatic heterocycles. The number of methoxy groups -OCH3 is 1. The summed E-state index contributed by atoms with van der Waals surface area (Å²) in [7, 11) is 3.21. The lowest BCUT2D eigenvalue weighted by Gasteiger charge is -2.31. The van der Waals surface area contributed by atoms with E-state index < -0.39 is 11.6 Å². The van der Waals surface area contributed by atoms with Crippen LogP contribution in [0.15, 0.2) is 10.8 Å². The number of aromatic nitrogens is 2. The predicted molar refractivity (Wildman–Crippen MR) is 74.2 cm³/mol. The molecule has 1 fully saturated rings. The minimum atomic E-state index is -0.814. The van der Waals surface area contributed by atoms with Gasteiger partial charge in [0.2, 0.25) is 0 Å². The van der Waals surface area contributed by atoms with E-state index in [1.54, 1.807) is 0 Å². The van der Waals surface area contributed by atoms with E-state index in [1.807, 2.05) is 17.8 Å². The van der Waals surface area contributed by atoms with Crippen LogP contribution in [-0.4, -0.2) is 55.5 Å². The van der Waals surface area contributed by atoms with Gasteiger partial charge in [0, 0.05) is 26.3 Å². The van der Waals surface area contributed by atoms with Gasteiger partial charge in [-0.05, 0) is 15.9 Å². The third-order valence-corrected chi connectivity index (χ3v) is 3.50. The Morgan fingerprint density at radius 1 is 1.70 bits per heavy atom. The van der Waals surface area contributed by atoms with Crippen LogP contribution in [0.1, 0.15) is 5.82 Å². The number of hydrogen-bond acceptors (Lipinski definition) is 6. The SMILES string of the molecule is COC(=O)COC1(c2nc(Br)cn2C)CNCCOC1. The van der Waals surface area contributed by atoms with Crippen LogP contribution in [0.25, 0.3) is 0 Å². The van der Waals surface area contributed by atoms with Gasteiger partial charge in [-0.2, -0.15) is 0 Å². The number of imidazole rings is 1. The van der Waals surface area contributed by atoms with Crippen LogP contribution >= 0.6 is 15.9 Å². The minimum absolute atomic E-state index is 0.147. The lowest BCUT2D eigenvalue weighted by atomic mass is 10.0. The lowest BCUT2D eigenvalue weighted by molar-refractivity contribution is -0.159. The third-order valence-electron chi connectivity index (χ3n) is 3.12. The number of esters is 1. The smallest absolute Gasteiger partial charge is 0.331 e. The maximum absolute atomic E-state index is 11.4. The summed E-state index contributed by atoms with van der Waals surface area (Å²) in [6.45, 7) is 2.02. The van der Waals surface area contributed by atoms with Crippen molar-refractivity contribution in [2.45, 2.75) is 5.60 Å². The molecule has 1 unspecified atom stereocenters. The Bertz CT molecular complexity index is 469. The second-order valence-corrected chi connectivity index (χ2v) is 5.40. The zero-order valence-corrected chi connectivity index (χ0v) is 13.1. The first kappa shape index (κ1) is 15.4. The summed E-state index contributed by atoms with van der Waals surface area (Å²) < 4.78 is 18.6. The summed E-state index contributed by atoms with van der Waals surface area (Å²) in [5, 5.41) is 3.24. The molecule has 0 saturated carbocycles. The molecule has 7 nitrogen and oxygen atoms in total. The topological polar surface area (TPSA) is 74.6 Å². The normalized spacial score (nSPS) is 23.4. The van der Waals surface area contributed by atoms with Gasteiger partial charge in [0.1, 0.15) is 17.0 Å². The zero-order chi connectivity index (χ0) is 14.6. The standard InChI is InChI=1S/C12H18BrN3O4/c1-16-5-9(13)15-11(16)12(20-6-10(17)18-2)7-14-3-4-19-8-12/h5,14H,3-4,6-8H2,1-2H3. The van der Waals surface area contributed by atoms with Crippen LogP contribution in [0.4, 0.5) is 0 Å². The summed E-state index contributed by atoms with van der Waals surface area (Å²) in [5.74, 6) is 0.268. The summed E-state index contributed by atoms with van der Waals surface area (Å²) >= 11 is 3.35. The van der Waals surface area contributed by atoms with Crippen molar-refractivity contribution in [2.75, 3.05) is 40.0 Å². The Labute approximate surface area is 125 Å². The largest absolute Gasteiger partial charge is 0.467 e. The van der Waals surface area contributed by atoms with Gasteiger partial charge in [0.15, 0.2) is 5.60 Å². The van der Waals surface area contributed by atoms with E-state index in [2.05, 4.69) is 31.0 Å². The molecule has 1 aliphatic heterocycles. The Balaban J connectivity index is 2.27. The highest BCUT2D eigenvalue weighted by Gasteiger charge is 2.39. The van der Waals surface area contributed by atoms with E-state index in [0.717, 1.165) is 6.54 Å². The molecule has 1 N–H and O–H groups in total. The minimum Gasteiger partial charge on any atom is -0.467 e. The second kappa shape index (κ2) is 6.66. The Kier molecular flexibility index (Phi) is 5.14. The Hall–Kier alpha value is -0.960. The molecule has 1 saturated heterocycles. The van der Waals surface area contributed by atoms with E-state index in [1.165, 1.54) is 7.11 Å². The average Bonchev–Trinajstić information content (AvgIpc) is 2.66. The van der Waals surface area contributed by atoms with Gasteiger partial charge in [-0.15, -0.1) is 0 Å². The fraction of sp³-hybridized carbons (Fsp3) is 0.667. The molecule has 2 rings (SSSR count). The van der Waals surface area contributed by atoms with Crippen LogP contribution < -0.4 is 5.32 Å². The third kappa shape index (κ3) is 3.38. The van der Waals surface area contributed by atoms with E-state index >= 15 is 0 Å². The molecule has 0 aromatic carbocycles. The summed E-state index contributed by atoms with van der Waals surface area (Å²) in [6.07, 6.45) is 1.84. The number of carbonyl (C=O) groups excluding carboxylic acids is 1. The van der Waals surface area contributed by atoms with E-state index in [9.17, 15) is 4.79 Å². The number of nitrogens with zero attached hydrogens (tertiary/aromatic N) is 2. The van der Waals surface area contributed by atoms with Crippen molar-refractivity contribution in [3.63, 3.8) is 0 Å². The number of carbonyl (C=O) groups is 1. The molecule has 0 radical (unpaired) electrons. The van der Waals surface area contributed by atoms with Crippen LogP contribution in [-0.2, 0) is 31.7 Å². The number of hydrogen-bond donors (Lipinski definition) is 1. The maximum atomic E-state index is 11.4. The van der Waals surface area contributed by atoms with Gasteiger partial charge < -0.3 is 24.1 Å². The number of nitrogens with one attached hydrogen (secondary N) is 1. The molecule has 1 aromatic rings. The molecule has 0 bridgehead atoms. The first-order valence-corrected chi connectivity index (χ1v) is 7.05. The highest BCUT2D eigenvalue weighted by atomic mass is 79.9. The van der Waals surface area contributed by atoms with Gasteiger partial charge in [0.25, 0.3) is 0 Å². The highest BCUT2D eigenvalue weighted by molar-refractivity contribution is 9.10. The van der Waals surface area contributed by atoms with Crippen molar-refractivity contribution in [1.82, 2.24) is 14.9 Å². The molecule has 1 atom stereocenters. The zero-order valence-electron chi connectivity index (χ0n) is 11.5. The number of halogens is 1. The van der Waals surface area contributed by atoms with Gasteiger partial charge in [0.05, 0.1) is 20.3 Å². The molecule has 20 heavy (non-hydrogen) atoms. The summed E-state index contributed by atoms with van der Waals surface area (Å²) in [6, 6.07) is 0. The van der Waals surface area contributed by atoms with Crippen molar-refractivity contribution in [3.05, 3.63) is 16.6 Å². The molecule has 1 aliphatic rings. The molecule has 0 aliphatic carbocycles. The highest BCUT2D eigenvalue weighted by Crippen LogP contribution is 2.27. The molecule has 0 spiro atoms. The van der Waals surface area contributed by atoms with Gasteiger partial charge >= 0.3 is 5.97 Å². The summed E-state index contributed by atoms with van der Waals surface area (Å²) in [4.78, 5) is 15.8. The fourth-order valence-electron chi connectivity index (χ4n) is 2.13. The number of aryl methyl sites for hydroxylation is 1. The molecule has 112 valence electrons. The molecule has 8 heteroatoms. The van der Waals surface area contributed by atoms with Gasteiger partial charge in [-0.25, -0.2) is 9.78 Å². The van der Waals surface area contributed by atoms with Crippen LogP contribution in [0.3, 0.4) is 0 Å². The van der Waals surface area contributed by atoms with Crippen molar-refractivity contribution in [3.8, 4) is 0 Å². The first-order valence-electron chi connectivity index (χ1n) is 6.26. The van der Waals surface area contributed by atoms with Crippen molar-refractivity contribution in [1.29, 1.82) is 0 Å². The van der Waals surface area contributed by atoms with Crippen molar-refractivity contribution in [2.24, 2.45) is 7.05 Å². The Morgan fingerprint density at radius 2 is 2.50 bits per heavy atom. The molecule has 2 heterocycles. The fourth-order valence-corrected chi connectivity index (χ4v) is 2.61. The summed E-state index contributed by atoms with van der Waals surface area (Å²) in [5.41, 5.74) is -0.814. The van der Waals surface area contributed by atoms with Crippen LogP contribution in [0.2, 0.25) is 0 Å². The maximum Gasteiger partial charge on any atom is 0.331 e. The van der Waals surface area contributed by atoms with Gasteiger partial charge in [-0.1, -0.05) is 0 Å². The monoisotopic (exact) mass is 347 g/mol. The molecular weight excluding hydrogens is 330 g/mol. The lowest BCUT2D eigenvalue weighted by Crippen LogP contribution is -2.45. The van der Waals surface area contributed by atoms with Crippen molar-refractivity contribution >= 4 is 21.9 Å². The van der Waals surface area contributed by atoms with Gasteiger partial charge in [-0.3, -0.25) is 0 Å². The predicted octanol–water partition coefficient (Wildman–Crippen LogP) is 0.187. The quantitative estimate of drug-likeness (QED) is 0.783. The molecule has 0 amide bonds. The van der Waals surface area contributed by atoms with E-state index in [0.29, 0.717) is 30.2 Å². The van der Waals surface area contributed by atoms with Crippen LogP contribution in [0.5, 0.6) is 0 Å².